The average molecular weight is 317 g/mol. The Labute approximate surface area is 139 Å². The van der Waals surface area contributed by atoms with E-state index in [1.165, 1.54) is 0 Å². The Morgan fingerprint density at radius 2 is 2.00 bits per heavy atom. The summed E-state index contributed by atoms with van der Waals surface area (Å²) in [7, 11) is 2.08. The van der Waals surface area contributed by atoms with Gasteiger partial charge in [-0.3, -0.25) is 0 Å². The maximum Gasteiger partial charge on any atom is 0.119 e. The van der Waals surface area contributed by atoms with Crippen LogP contribution in [0.3, 0.4) is 0 Å². The molecule has 1 aliphatic heterocycles. The number of aliphatic hydroxyl groups is 1. The molecule has 1 atom stereocenters. The zero-order valence-electron chi connectivity index (χ0n) is 14.1. The van der Waals surface area contributed by atoms with Gasteiger partial charge in [-0.2, -0.15) is 5.26 Å². The SMILES string of the molecule is CCN1CCC(N(C)CC(O)COc2ccc(C#N)cc2)CC1. The minimum atomic E-state index is -0.514. The van der Waals surface area contributed by atoms with Crippen LogP contribution < -0.4 is 4.74 Å². The summed E-state index contributed by atoms with van der Waals surface area (Å²) in [6, 6.07) is 9.57. The number of hydrogen-bond acceptors (Lipinski definition) is 5. The van der Waals surface area contributed by atoms with Crippen LogP contribution in [-0.4, -0.2) is 66.9 Å². The van der Waals surface area contributed by atoms with Gasteiger partial charge in [0.05, 0.1) is 11.6 Å². The third-order valence-corrected chi connectivity index (χ3v) is 4.55. The van der Waals surface area contributed by atoms with Gasteiger partial charge in [0.25, 0.3) is 0 Å². The van der Waals surface area contributed by atoms with Crippen LogP contribution >= 0.6 is 0 Å². The molecule has 1 aliphatic rings. The van der Waals surface area contributed by atoms with E-state index in [-0.39, 0.29) is 6.61 Å². The van der Waals surface area contributed by atoms with Crippen molar-refractivity contribution in [2.75, 3.05) is 39.8 Å². The first kappa shape index (κ1) is 17.7. The topological polar surface area (TPSA) is 59.7 Å². The summed E-state index contributed by atoms with van der Waals surface area (Å²) >= 11 is 0. The number of rotatable bonds is 7. The van der Waals surface area contributed by atoms with Gasteiger partial charge >= 0.3 is 0 Å². The number of hydrogen-bond donors (Lipinski definition) is 1. The van der Waals surface area contributed by atoms with Gasteiger partial charge in [0.1, 0.15) is 18.5 Å². The summed E-state index contributed by atoms with van der Waals surface area (Å²) in [6.07, 6.45) is 1.81. The van der Waals surface area contributed by atoms with Crippen LogP contribution in [0.2, 0.25) is 0 Å². The molecule has 2 rings (SSSR count). The first-order chi connectivity index (χ1) is 11.1. The molecule has 0 bridgehead atoms. The molecule has 0 radical (unpaired) electrons. The zero-order valence-corrected chi connectivity index (χ0v) is 14.1. The Bertz CT molecular complexity index is 504. The molecule has 23 heavy (non-hydrogen) atoms. The second kappa shape index (κ2) is 8.88. The highest BCUT2D eigenvalue weighted by molar-refractivity contribution is 5.34. The third-order valence-electron chi connectivity index (χ3n) is 4.55. The molecule has 5 heteroatoms. The first-order valence-electron chi connectivity index (χ1n) is 8.36. The molecule has 1 heterocycles. The molecule has 0 spiro atoms. The number of piperidine rings is 1. The Hall–Kier alpha value is -1.61. The fourth-order valence-corrected chi connectivity index (χ4v) is 3.03. The number of likely N-dealkylation sites (tertiary alicyclic amines) is 1. The van der Waals surface area contributed by atoms with E-state index in [2.05, 4.69) is 29.8 Å². The molecule has 0 amide bonds. The Balaban J connectivity index is 1.71. The van der Waals surface area contributed by atoms with Gasteiger partial charge in [0.15, 0.2) is 0 Å². The molecule has 1 fully saturated rings. The summed E-state index contributed by atoms with van der Waals surface area (Å²) in [6.45, 7) is 6.50. The van der Waals surface area contributed by atoms with Crippen molar-refractivity contribution in [2.24, 2.45) is 0 Å². The molecule has 1 aromatic rings. The average Bonchev–Trinajstić information content (AvgIpc) is 2.60. The van der Waals surface area contributed by atoms with Crippen LogP contribution in [-0.2, 0) is 0 Å². The Morgan fingerprint density at radius 1 is 1.35 bits per heavy atom. The molecular formula is C18H27N3O2. The Morgan fingerprint density at radius 3 is 2.57 bits per heavy atom. The molecule has 1 unspecified atom stereocenters. The summed E-state index contributed by atoms with van der Waals surface area (Å²) in [5.41, 5.74) is 0.607. The minimum absolute atomic E-state index is 0.268. The summed E-state index contributed by atoms with van der Waals surface area (Å²) < 4.78 is 5.60. The van der Waals surface area contributed by atoms with Gasteiger partial charge in [-0.05, 0) is 63.8 Å². The van der Waals surface area contributed by atoms with E-state index in [0.717, 1.165) is 32.5 Å². The highest BCUT2D eigenvalue weighted by atomic mass is 16.5. The second-order valence-corrected chi connectivity index (χ2v) is 6.21. The van der Waals surface area contributed by atoms with E-state index in [0.29, 0.717) is 23.9 Å². The molecular weight excluding hydrogens is 290 g/mol. The van der Waals surface area contributed by atoms with Crippen LogP contribution in [0.1, 0.15) is 25.3 Å². The van der Waals surface area contributed by atoms with Crippen molar-refractivity contribution >= 4 is 0 Å². The molecule has 0 aliphatic carbocycles. The number of ether oxygens (including phenoxy) is 1. The molecule has 5 nitrogen and oxygen atoms in total. The fraction of sp³-hybridized carbons (Fsp3) is 0.611. The smallest absolute Gasteiger partial charge is 0.119 e. The van der Waals surface area contributed by atoms with Crippen molar-refractivity contribution < 1.29 is 9.84 Å². The van der Waals surface area contributed by atoms with Crippen molar-refractivity contribution in [2.45, 2.75) is 31.9 Å². The van der Waals surface area contributed by atoms with E-state index < -0.39 is 6.10 Å². The predicted octanol–water partition coefficient (Wildman–Crippen LogP) is 1.71. The van der Waals surface area contributed by atoms with Crippen molar-refractivity contribution in [3.05, 3.63) is 29.8 Å². The number of likely N-dealkylation sites (N-methyl/N-ethyl adjacent to an activating group) is 1. The number of benzene rings is 1. The highest BCUT2D eigenvalue weighted by Crippen LogP contribution is 2.16. The van der Waals surface area contributed by atoms with E-state index in [1.54, 1.807) is 24.3 Å². The molecule has 0 saturated carbocycles. The van der Waals surface area contributed by atoms with E-state index in [4.69, 9.17) is 10.00 Å². The van der Waals surface area contributed by atoms with E-state index in [1.807, 2.05) is 0 Å². The molecule has 1 saturated heterocycles. The quantitative estimate of drug-likeness (QED) is 0.830. The molecule has 1 aromatic carbocycles. The van der Waals surface area contributed by atoms with E-state index >= 15 is 0 Å². The number of nitriles is 1. The van der Waals surface area contributed by atoms with Crippen LogP contribution in [0.15, 0.2) is 24.3 Å². The van der Waals surface area contributed by atoms with Gasteiger partial charge in [-0.1, -0.05) is 6.92 Å². The van der Waals surface area contributed by atoms with Gasteiger partial charge in [0.2, 0.25) is 0 Å². The van der Waals surface area contributed by atoms with Gasteiger partial charge in [-0.15, -0.1) is 0 Å². The largest absolute Gasteiger partial charge is 0.491 e. The fourth-order valence-electron chi connectivity index (χ4n) is 3.03. The van der Waals surface area contributed by atoms with E-state index in [9.17, 15) is 5.11 Å². The summed E-state index contributed by atoms with van der Waals surface area (Å²) in [4.78, 5) is 4.72. The van der Waals surface area contributed by atoms with Crippen molar-refractivity contribution in [1.82, 2.24) is 9.80 Å². The Kier molecular flexibility index (Phi) is 6.85. The van der Waals surface area contributed by atoms with Gasteiger partial charge in [0, 0.05) is 12.6 Å². The minimum Gasteiger partial charge on any atom is -0.491 e. The molecule has 1 N–H and O–H groups in total. The lowest BCUT2D eigenvalue weighted by atomic mass is 10.0. The van der Waals surface area contributed by atoms with Crippen molar-refractivity contribution in [3.8, 4) is 11.8 Å². The number of aliphatic hydroxyl groups excluding tert-OH is 1. The lowest BCUT2D eigenvalue weighted by Crippen LogP contribution is -2.46. The zero-order chi connectivity index (χ0) is 16.7. The highest BCUT2D eigenvalue weighted by Gasteiger charge is 2.23. The van der Waals surface area contributed by atoms with Crippen LogP contribution in [0.5, 0.6) is 5.75 Å². The summed E-state index contributed by atoms with van der Waals surface area (Å²) in [5.74, 6) is 0.682. The first-order valence-corrected chi connectivity index (χ1v) is 8.36. The van der Waals surface area contributed by atoms with Crippen LogP contribution in [0.25, 0.3) is 0 Å². The lowest BCUT2D eigenvalue weighted by molar-refractivity contribution is 0.0478. The van der Waals surface area contributed by atoms with Gasteiger partial charge in [-0.25, -0.2) is 0 Å². The molecule has 126 valence electrons. The third kappa shape index (κ3) is 5.51. The van der Waals surface area contributed by atoms with Crippen molar-refractivity contribution in [1.29, 1.82) is 5.26 Å². The maximum atomic E-state index is 10.2. The predicted molar refractivity (Wildman–Crippen MR) is 90.4 cm³/mol. The number of nitrogens with zero attached hydrogens (tertiary/aromatic N) is 3. The van der Waals surface area contributed by atoms with Crippen molar-refractivity contribution in [3.63, 3.8) is 0 Å². The molecule has 0 aromatic heterocycles. The maximum absolute atomic E-state index is 10.2. The van der Waals surface area contributed by atoms with Crippen LogP contribution in [0.4, 0.5) is 0 Å². The monoisotopic (exact) mass is 317 g/mol. The second-order valence-electron chi connectivity index (χ2n) is 6.21. The van der Waals surface area contributed by atoms with Crippen LogP contribution in [0, 0.1) is 11.3 Å². The standard InChI is InChI=1S/C18H27N3O2/c1-3-21-10-8-16(9-11-21)20(2)13-17(22)14-23-18-6-4-15(12-19)5-7-18/h4-7,16-17,22H,3,8-11,13-14H2,1-2H3. The van der Waals surface area contributed by atoms with Gasteiger partial charge < -0.3 is 19.6 Å². The lowest BCUT2D eigenvalue weighted by Gasteiger charge is -2.37. The normalized spacial score (nSPS) is 17.9. The summed E-state index contributed by atoms with van der Waals surface area (Å²) in [5, 5.41) is 18.9.